The molecule has 0 bridgehead atoms. The van der Waals surface area contributed by atoms with Gasteiger partial charge in [0, 0.05) is 18.5 Å². The van der Waals surface area contributed by atoms with Crippen molar-refractivity contribution in [2.75, 3.05) is 0 Å². The van der Waals surface area contributed by atoms with Gasteiger partial charge in [0.1, 0.15) is 0 Å². The summed E-state index contributed by atoms with van der Waals surface area (Å²) in [5, 5.41) is 8.19. The standard InChI is InChI=1S/C14H26N4/c1-5-18-13(9-16-17-18)11-8-10(14(2,3)4)6-7-12(11)15/h9-12H,5-8,15H2,1-4H3. The Hall–Kier alpha value is -0.900. The third-order valence-corrected chi connectivity index (χ3v) is 4.46. The Morgan fingerprint density at radius 2 is 2.11 bits per heavy atom. The Morgan fingerprint density at radius 3 is 2.72 bits per heavy atom. The zero-order valence-corrected chi connectivity index (χ0v) is 12.1. The molecule has 1 heterocycles. The molecule has 1 aromatic rings. The number of rotatable bonds is 2. The first-order valence-electron chi connectivity index (χ1n) is 7.07. The van der Waals surface area contributed by atoms with Crippen molar-refractivity contribution in [2.24, 2.45) is 17.1 Å². The highest BCUT2D eigenvalue weighted by Crippen LogP contribution is 2.43. The van der Waals surface area contributed by atoms with Crippen molar-refractivity contribution in [3.63, 3.8) is 0 Å². The van der Waals surface area contributed by atoms with E-state index in [2.05, 4.69) is 38.0 Å². The summed E-state index contributed by atoms with van der Waals surface area (Å²) in [5.41, 5.74) is 7.92. The topological polar surface area (TPSA) is 56.7 Å². The van der Waals surface area contributed by atoms with Crippen LogP contribution in [0.5, 0.6) is 0 Å². The van der Waals surface area contributed by atoms with Crippen molar-refractivity contribution in [1.29, 1.82) is 0 Å². The Labute approximate surface area is 110 Å². The minimum absolute atomic E-state index is 0.257. The largest absolute Gasteiger partial charge is 0.327 e. The molecule has 1 aliphatic rings. The van der Waals surface area contributed by atoms with Gasteiger partial charge in [-0.2, -0.15) is 0 Å². The fourth-order valence-corrected chi connectivity index (χ4v) is 3.12. The lowest BCUT2D eigenvalue weighted by atomic mass is 9.67. The number of aryl methyl sites for hydroxylation is 1. The van der Waals surface area contributed by atoms with Crippen molar-refractivity contribution in [3.05, 3.63) is 11.9 Å². The van der Waals surface area contributed by atoms with E-state index in [4.69, 9.17) is 5.73 Å². The highest BCUT2D eigenvalue weighted by atomic mass is 15.4. The second-order valence-electron chi connectivity index (χ2n) is 6.62. The molecule has 2 rings (SSSR count). The summed E-state index contributed by atoms with van der Waals surface area (Å²) in [6, 6.07) is 0.257. The van der Waals surface area contributed by atoms with Gasteiger partial charge in [-0.05, 0) is 37.5 Å². The Balaban J connectivity index is 2.20. The lowest BCUT2D eigenvalue weighted by Crippen LogP contribution is -2.39. The van der Waals surface area contributed by atoms with Gasteiger partial charge in [-0.15, -0.1) is 5.10 Å². The zero-order chi connectivity index (χ0) is 13.3. The predicted octanol–water partition coefficient (Wildman–Crippen LogP) is 2.56. The monoisotopic (exact) mass is 250 g/mol. The number of nitrogens with two attached hydrogens (primary N) is 1. The molecule has 1 saturated carbocycles. The highest BCUT2D eigenvalue weighted by molar-refractivity contribution is 5.10. The van der Waals surface area contributed by atoms with Crippen molar-refractivity contribution in [2.45, 2.75) is 65.5 Å². The molecule has 1 aliphatic carbocycles. The van der Waals surface area contributed by atoms with Gasteiger partial charge < -0.3 is 5.73 Å². The molecule has 0 radical (unpaired) electrons. The van der Waals surface area contributed by atoms with Crippen LogP contribution in [0, 0.1) is 11.3 Å². The maximum Gasteiger partial charge on any atom is 0.0728 e. The molecule has 0 amide bonds. The molecule has 4 heteroatoms. The van der Waals surface area contributed by atoms with Crippen LogP contribution in [-0.2, 0) is 6.54 Å². The smallest absolute Gasteiger partial charge is 0.0728 e. The van der Waals surface area contributed by atoms with Crippen LogP contribution < -0.4 is 5.73 Å². The van der Waals surface area contributed by atoms with E-state index in [1.807, 2.05) is 10.9 Å². The molecule has 102 valence electrons. The minimum Gasteiger partial charge on any atom is -0.327 e. The summed E-state index contributed by atoms with van der Waals surface area (Å²) in [4.78, 5) is 0. The van der Waals surface area contributed by atoms with Crippen molar-refractivity contribution in [1.82, 2.24) is 15.0 Å². The molecule has 4 nitrogen and oxygen atoms in total. The predicted molar refractivity (Wildman–Crippen MR) is 73.2 cm³/mol. The van der Waals surface area contributed by atoms with Crippen LogP contribution in [0.4, 0.5) is 0 Å². The molecule has 0 aromatic carbocycles. The minimum atomic E-state index is 0.257. The first kappa shape index (κ1) is 13.5. The zero-order valence-electron chi connectivity index (χ0n) is 12.1. The van der Waals surface area contributed by atoms with Gasteiger partial charge in [-0.3, -0.25) is 0 Å². The first-order valence-corrected chi connectivity index (χ1v) is 7.07. The van der Waals surface area contributed by atoms with Gasteiger partial charge in [-0.1, -0.05) is 26.0 Å². The van der Waals surface area contributed by atoms with Crippen LogP contribution in [-0.4, -0.2) is 21.0 Å². The molecule has 0 aliphatic heterocycles. The van der Waals surface area contributed by atoms with Crippen LogP contribution in [0.2, 0.25) is 0 Å². The molecule has 0 spiro atoms. The fraction of sp³-hybridized carbons (Fsp3) is 0.857. The summed E-state index contributed by atoms with van der Waals surface area (Å²) in [5.74, 6) is 1.15. The van der Waals surface area contributed by atoms with Crippen LogP contribution in [0.1, 0.15) is 58.6 Å². The lowest BCUT2D eigenvalue weighted by Gasteiger charge is -2.40. The van der Waals surface area contributed by atoms with Crippen LogP contribution in [0.3, 0.4) is 0 Å². The van der Waals surface area contributed by atoms with E-state index >= 15 is 0 Å². The summed E-state index contributed by atoms with van der Waals surface area (Å²) in [6.07, 6.45) is 5.42. The summed E-state index contributed by atoms with van der Waals surface area (Å²) in [6.45, 7) is 9.98. The van der Waals surface area contributed by atoms with Gasteiger partial charge in [0.05, 0.1) is 11.9 Å². The van der Waals surface area contributed by atoms with Gasteiger partial charge in [0.2, 0.25) is 0 Å². The third-order valence-electron chi connectivity index (χ3n) is 4.46. The second kappa shape index (κ2) is 5.00. The van der Waals surface area contributed by atoms with E-state index < -0.39 is 0 Å². The van der Waals surface area contributed by atoms with Gasteiger partial charge in [-0.25, -0.2) is 4.68 Å². The van der Waals surface area contributed by atoms with E-state index in [9.17, 15) is 0 Å². The molecule has 3 unspecified atom stereocenters. The normalized spacial score (nSPS) is 29.5. The van der Waals surface area contributed by atoms with Gasteiger partial charge in [0.15, 0.2) is 0 Å². The first-order chi connectivity index (χ1) is 8.43. The van der Waals surface area contributed by atoms with Crippen molar-refractivity contribution in [3.8, 4) is 0 Å². The number of nitrogens with zero attached hydrogens (tertiary/aromatic N) is 3. The molecular weight excluding hydrogens is 224 g/mol. The van der Waals surface area contributed by atoms with E-state index in [0.29, 0.717) is 11.3 Å². The van der Waals surface area contributed by atoms with Crippen molar-refractivity contribution < 1.29 is 0 Å². The Morgan fingerprint density at radius 1 is 1.39 bits per heavy atom. The van der Waals surface area contributed by atoms with Crippen molar-refractivity contribution >= 4 is 0 Å². The van der Waals surface area contributed by atoms with Crippen LogP contribution in [0.15, 0.2) is 6.20 Å². The molecule has 0 saturated heterocycles. The van der Waals surface area contributed by atoms with Gasteiger partial charge in [0.25, 0.3) is 0 Å². The second-order valence-corrected chi connectivity index (χ2v) is 6.62. The van der Waals surface area contributed by atoms with Gasteiger partial charge >= 0.3 is 0 Å². The van der Waals surface area contributed by atoms with E-state index in [-0.39, 0.29) is 6.04 Å². The average Bonchev–Trinajstić information content (AvgIpc) is 2.76. The van der Waals surface area contributed by atoms with Crippen LogP contribution in [0.25, 0.3) is 0 Å². The van der Waals surface area contributed by atoms with E-state index in [0.717, 1.165) is 25.3 Å². The highest BCUT2D eigenvalue weighted by Gasteiger charge is 2.36. The lowest BCUT2D eigenvalue weighted by molar-refractivity contribution is 0.151. The maximum absolute atomic E-state index is 6.33. The molecular formula is C14H26N4. The Kier molecular flexibility index (Phi) is 3.76. The number of hydrogen-bond acceptors (Lipinski definition) is 3. The summed E-state index contributed by atoms with van der Waals surface area (Å²) >= 11 is 0. The van der Waals surface area contributed by atoms with E-state index in [1.54, 1.807) is 0 Å². The van der Waals surface area contributed by atoms with E-state index in [1.165, 1.54) is 12.1 Å². The van der Waals surface area contributed by atoms with Crippen LogP contribution >= 0.6 is 0 Å². The molecule has 3 atom stereocenters. The summed E-state index contributed by atoms with van der Waals surface area (Å²) < 4.78 is 2.00. The average molecular weight is 250 g/mol. The number of hydrogen-bond donors (Lipinski definition) is 1. The fourth-order valence-electron chi connectivity index (χ4n) is 3.12. The molecule has 1 fully saturated rings. The quantitative estimate of drug-likeness (QED) is 0.877. The Bertz CT molecular complexity index is 391. The maximum atomic E-state index is 6.33. The summed E-state index contributed by atoms with van der Waals surface area (Å²) in [7, 11) is 0. The molecule has 2 N–H and O–H groups in total. The molecule has 1 aromatic heterocycles. The molecule has 18 heavy (non-hydrogen) atoms. The third kappa shape index (κ3) is 2.58. The SMILES string of the molecule is CCn1nncc1C1CC(C(C)(C)C)CCC1N. The number of aromatic nitrogens is 3.